The minimum absolute atomic E-state index is 0.0377. The van der Waals surface area contributed by atoms with Crippen molar-refractivity contribution in [1.82, 2.24) is 9.88 Å². The molecule has 6 atom stereocenters. The molecule has 0 saturated heterocycles. The summed E-state index contributed by atoms with van der Waals surface area (Å²) in [5.41, 5.74) is 0.440. The molecular formula is C26H40N2O4S. The third-order valence-corrected chi connectivity index (χ3v) is 8.76. The SMILES string of the molecule is C=CCN(C)C(=O)[C@@H](C)[C@@H]1CC[C@@]2(C)Cc3sc(COC(=O)C(C)(C)C)nc3[C@@H](C)[C@@H]2[C@H]1O. The van der Waals surface area contributed by atoms with Crippen molar-refractivity contribution in [2.75, 3.05) is 13.6 Å². The Morgan fingerprint density at radius 1 is 1.42 bits per heavy atom. The summed E-state index contributed by atoms with van der Waals surface area (Å²) in [5, 5.41) is 12.4. The van der Waals surface area contributed by atoms with Gasteiger partial charge in [-0.15, -0.1) is 17.9 Å². The van der Waals surface area contributed by atoms with Crippen LogP contribution in [0.25, 0.3) is 0 Å². The van der Waals surface area contributed by atoms with Gasteiger partial charge in [-0.25, -0.2) is 4.98 Å². The van der Waals surface area contributed by atoms with Gasteiger partial charge < -0.3 is 14.7 Å². The highest BCUT2D eigenvalue weighted by Gasteiger charge is 2.54. The Kier molecular flexibility index (Phi) is 7.45. The van der Waals surface area contributed by atoms with E-state index >= 15 is 0 Å². The maximum absolute atomic E-state index is 12.9. The molecule has 0 aromatic carbocycles. The van der Waals surface area contributed by atoms with Crippen LogP contribution < -0.4 is 0 Å². The van der Waals surface area contributed by atoms with Crippen molar-refractivity contribution in [2.45, 2.75) is 79.4 Å². The van der Waals surface area contributed by atoms with Gasteiger partial charge in [0.1, 0.15) is 11.6 Å². The van der Waals surface area contributed by atoms with E-state index in [4.69, 9.17) is 9.72 Å². The average molecular weight is 477 g/mol. The van der Waals surface area contributed by atoms with Crippen molar-refractivity contribution in [2.24, 2.45) is 28.6 Å². The van der Waals surface area contributed by atoms with Crippen LogP contribution in [0.2, 0.25) is 0 Å². The number of aliphatic hydroxyl groups excluding tert-OH is 1. The second-order valence-corrected chi connectivity index (χ2v) is 12.5. The lowest BCUT2D eigenvalue weighted by molar-refractivity contribution is -0.154. The fourth-order valence-electron chi connectivity index (χ4n) is 5.82. The number of ether oxygens (including phenoxy) is 1. The number of nitrogens with zero attached hydrogens (tertiary/aromatic N) is 2. The van der Waals surface area contributed by atoms with E-state index in [1.807, 2.05) is 27.7 Å². The first-order valence-electron chi connectivity index (χ1n) is 12.0. The second kappa shape index (κ2) is 9.49. The van der Waals surface area contributed by atoms with Crippen LogP contribution in [0.4, 0.5) is 0 Å². The molecule has 1 heterocycles. The first kappa shape index (κ1) is 25.9. The van der Waals surface area contributed by atoms with Crippen LogP contribution in [0.15, 0.2) is 12.7 Å². The van der Waals surface area contributed by atoms with Crippen LogP contribution in [0, 0.1) is 28.6 Å². The van der Waals surface area contributed by atoms with Gasteiger partial charge in [-0.05, 0) is 57.3 Å². The molecule has 3 rings (SSSR count). The summed E-state index contributed by atoms with van der Waals surface area (Å²) in [4.78, 5) is 32.9. The van der Waals surface area contributed by atoms with Crippen LogP contribution in [-0.4, -0.2) is 46.6 Å². The lowest BCUT2D eigenvalue weighted by atomic mass is 9.53. The number of esters is 1. The topological polar surface area (TPSA) is 79.7 Å². The smallest absolute Gasteiger partial charge is 0.311 e. The second-order valence-electron chi connectivity index (χ2n) is 11.4. The van der Waals surface area contributed by atoms with Gasteiger partial charge in [-0.2, -0.15) is 0 Å². The highest BCUT2D eigenvalue weighted by Crippen LogP contribution is 2.57. The molecule has 0 unspecified atom stereocenters. The molecule has 33 heavy (non-hydrogen) atoms. The van der Waals surface area contributed by atoms with Crippen LogP contribution in [-0.2, 0) is 27.4 Å². The number of amides is 1. The number of hydrogen-bond acceptors (Lipinski definition) is 6. The molecular weight excluding hydrogens is 436 g/mol. The summed E-state index contributed by atoms with van der Waals surface area (Å²) in [5.74, 6) is -0.376. The number of thiazole rings is 1. The van der Waals surface area contributed by atoms with E-state index in [-0.39, 0.29) is 47.6 Å². The van der Waals surface area contributed by atoms with E-state index in [1.54, 1.807) is 29.4 Å². The van der Waals surface area contributed by atoms with E-state index in [1.165, 1.54) is 4.88 Å². The predicted molar refractivity (Wildman–Crippen MR) is 131 cm³/mol. The average Bonchev–Trinajstić information content (AvgIpc) is 3.13. The van der Waals surface area contributed by atoms with E-state index in [0.29, 0.717) is 6.54 Å². The monoisotopic (exact) mass is 476 g/mol. The molecule has 0 aliphatic heterocycles. The fraction of sp³-hybridized carbons (Fsp3) is 0.731. The van der Waals surface area contributed by atoms with Crippen molar-refractivity contribution in [1.29, 1.82) is 0 Å². The zero-order chi connectivity index (χ0) is 24.7. The maximum atomic E-state index is 12.9. The lowest BCUT2D eigenvalue weighted by Gasteiger charge is -2.53. The van der Waals surface area contributed by atoms with E-state index < -0.39 is 11.5 Å². The molecule has 7 heteroatoms. The Labute approximate surface area is 202 Å². The zero-order valence-electron chi connectivity index (χ0n) is 21.2. The van der Waals surface area contributed by atoms with Gasteiger partial charge in [0.25, 0.3) is 0 Å². The Morgan fingerprint density at radius 3 is 2.70 bits per heavy atom. The van der Waals surface area contributed by atoms with Crippen LogP contribution in [0.3, 0.4) is 0 Å². The van der Waals surface area contributed by atoms with Crippen LogP contribution in [0.5, 0.6) is 0 Å². The van der Waals surface area contributed by atoms with Gasteiger partial charge in [0, 0.05) is 30.3 Å². The minimum Gasteiger partial charge on any atom is -0.458 e. The van der Waals surface area contributed by atoms with Gasteiger partial charge in [0.2, 0.25) is 5.91 Å². The highest BCUT2D eigenvalue weighted by atomic mass is 32.1. The third kappa shape index (κ3) is 5.04. The summed E-state index contributed by atoms with van der Waals surface area (Å²) in [7, 11) is 1.79. The maximum Gasteiger partial charge on any atom is 0.311 e. The Morgan fingerprint density at radius 2 is 2.09 bits per heavy atom. The number of carbonyl (C=O) groups excluding carboxylic acids is 2. The fourth-order valence-corrected chi connectivity index (χ4v) is 7.10. The standard InChI is InChI=1S/C26H40N2O4S/c1-9-12-28(8)23(30)15(2)17-10-11-26(7)13-18-21(16(3)20(26)22(17)29)27-19(33-18)14-32-24(31)25(4,5)6/h9,15-17,20,22,29H,1,10-14H2,2-8H3/t15-,16-,17-,20+,22-,26-/m0/s1. The molecule has 1 fully saturated rings. The predicted octanol–water partition coefficient (Wildman–Crippen LogP) is 4.57. The minimum atomic E-state index is -0.563. The lowest BCUT2D eigenvalue weighted by Crippen LogP contribution is -2.53. The zero-order valence-corrected chi connectivity index (χ0v) is 22.0. The summed E-state index contributed by atoms with van der Waals surface area (Å²) >= 11 is 1.63. The van der Waals surface area contributed by atoms with Crippen LogP contribution in [0.1, 0.15) is 75.9 Å². The van der Waals surface area contributed by atoms with Crippen molar-refractivity contribution >= 4 is 23.2 Å². The van der Waals surface area contributed by atoms with E-state index in [0.717, 1.165) is 30.0 Å². The Hall–Kier alpha value is -1.73. The molecule has 1 saturated carbocycles. The van der Waals surface area contributed by atoms with Gasteiger partial charge in [-0.3, -0.25) is 9.59 Å². The number of carbonyl (C=O) groups is 2. The summed E-state index contributed by atoms with van der Waals surface area (Å²) in [6, 6.07) is 0. The number of rotatable bonds is 6. The Balaban J connectivity index is 1.79. The quantitative estimate of drug-likeness (QED) is 0.481. The van der Waals surface area contributed by atoms with Gasteiger partial charge in [-0.1, -0.05) is 26.8 Å². The molecule has 0 radical (unpaired) electrons. The number of aromatic nitrogens is 1. The molecule has 1 amide bonds. The molecule has 1 N–H and O–H groups in total. The van der Waals surface area contributed by atoms with Crippen LogP contribution >= 0.6 is 11.3 Å². The molecule has 6 nitrogen and oxygen atoms in total. The van der Waals surface area contributed by atoms with E-state index in [2.05, 4.69) is 20.4 Å². The van der Waals surface area contributed by atoms with Crippen molar-refractivity contribution in [3.8, 4) is 0 Å². The summed E-state index contributed by atoms with van der Waals surface area (Å²) in [6.07, 6.45) is 3.83. The van der Waals surface area contributed by atoms with Gasteiger partial charge in [0.15, 0.2) is 0 Å². The van der Waals surface area contributed by atoms with Gasteiger partial charge >= 0.3 is 5.97 Å². The van der Waals surface area contributed by atoms with Crippen molar-refractivity contribution < 1.29 is 19.4 Å². The van der Waals surface area contributed by atoms with Crippen molar-refractivity contribution in [3.63, 3.8) is 0 Å². The van der Waals surface area contributed by atoms with E-state index in [9.17, 15) is 14.7 Å². The number of aliphatic hydroxyl groups is 1. The molecule has 1 aromatic rings. The molecule has 2 aliphatic rings. The first-order valence-corrected chi connectivity index (χ1v) is 12.8. The number of likely N-dealkylation sites (N-methyl/N-ethyl adjacent to an activating group) is 1. The molecule has 2 aliphatic carbocycles. The Bertz CT molecular complexity index is 905. The molecule has 1 aromatic heterocycles. The summed E-state index contributed by atoms with van der Waals surface area (Å²) in [6.45, 7) is 16.3. The summed E-state index contributed by atoms with van der Waals surface area (Å²) < 4.78 is 5.50. The first-order chi connectivity index (χ1) is 15.3. The number of hydrogen-bond donors (Lipinski definition) is 1. The van der Waals surface area contributed by atoms with Crippen molar-refractivity contribution in [3.05, 3.63) is 28.2 Å². The molecule has 0 spiro atoms. The van der Waals surface area contributed by atoms with Gasteiger partial charge in [0.05, 0.1) is 17.2 Å². The molecule has 184 valence electrons. The number of fused-ring (bicyclic) bond motifs is 2. The highest BCUT2D eigenvalue weighted by molar-refractivity contribution is 7.11. The third-order valence-electron chi connectivity index (χ3n) is 7.72. The normalized spacial score (nSPS) is 30.1. The largest absolute Gasteiger partial charge is 0.458 e. The molecule has 0 bridgehead atoms.